The maximum Gasteiger partial charge on any atom is 0.251 e. The molecule has 0 radical (unpaired) electrons. The molecule has 1 amide bonds. The Morgan fingerprint density at radius 3 is 2.15 bits per heavy atom. The molecule has 1 atom stereocenters. The maximum atomic E-state index is 12.9. The summed E-state index contributed by atoms with van der Waals surface area (Å²) in [5.74, 6) is -0.393. The fraction of sp³-hybridized carbons (Fsp3) is 0.235. The molecule has 0 heterocycles. The molecule has 2 aromatic carbocycles. The van der Waals surface area contributed by atoms with Crippen molar-refractivity contribution in [1.82, 2.24) is 5.32 Å². The third kappa shape index (κ3) is 3.44. The van der Waals surface area contributed by atoms with E-state index in [0.717, 1.165) is 16.7 Å². The first kappa shape index (κ1) is 14.3. The summed E-state index contributed by atoms with van der Waals surface area (Å²) in [4.78, 5) is 12.2. The first-order valence-electron chi connectivity index (χ1n) is 6.60. The predicted octanol–water partition coefficient (Wildman–Crippen LogP) is 3.93. The van der Waals surface area contributed by atoms with Gasteiger partial charge in [0.05, 0.1) is 6.04 Å². The Bertz CT molecular complexity index is 599. The lowest BCUT2D eigenvalue weighted by Crippen LogP contribution is -2.26. The molecule has 0 fully saturated rings. The summed E-state index contributed by atoms with van der Waals surface area (Å²) >= 11 is 0. The molecule has 20 heavy (non-hydrogen) atoms. The van der Waals surface area contributed by atoms with E-state index in [4.69, 9.17) is 0 Å². The Hall–Kier alpha value is -2.16. The van der Waals surface area contributed by atoms with Crippen molar-refractivity contribution in [3.63, 3.8) is 0 Å². The van der Waals surface area contributed by atoms with Crippen molar-refractivity contribution < 1.29 is 9.18 Å². The lowest BCUT2D eigenvalue weighted by Gasteiger charge is -2.15. The summed E-state index contributed by atoms with van der Waals surface area (Å²) in [5.41, 5.74) is 3.65. The van der Waals surface area contributed by atoms with E-state index >= 15 is 0 Å². The molecule has 0 aromatic heterocycles. The molecular weight excluding hydrogens is 253 g/mol. The average Bonchev–Trinajstić information content (AvgIpc) is 2.38. The van der Waals surface area contributed by atoms with Gasteiger partial charge in [0.2, 0.25) is 0 Å². The monoisotopic (exact) mass is 271 g/mol. The number of carbonyl (C=O) groups excluding carboxylic acids is 1. The zero-order chi connectivity index (χ0) is 14.7. The van der Waals surface area contributed by atoms with Crippen LogP contribution in [0.15, 0.2) is 42.5 Å². The molecule has 0 saturated heterocycles. The lowest BCUT2D eigenvalue weighted by atomic mass is 10.1. The highest BCUT2D eigenvalue weighted by molar-refractivity contribution is 5.94. The Morgan fingerprint density at radius 2 is 1.60 bits per heavy atom. The molecular formula is C17H18FNO. The number of halogens is 1. The summed E-state index contributed by atoms with van der Waals surface area (Å²) < 4.78 is 12.9. The molecule has 0 aliphatic rings. The largest absolute Gasteiger partial charge is 0.346 e. The molecule has 2 nitrogen and oxygen atoms in total. The van der Waals surface area contributed by atoms with Gasteiger partial charge in [0.25, 0.3) is 5.91 Å². The summed E-state index contributed by atoms with van der Waals surface area (Å²) in [6, 6.07) is 11.7. The topological polar surface area (TPSA) is 29.1 Å². The summed E-state index contributed by atoms with van der Waals surface area (Å²) in [6.45, 7) is 5.81. The highest BCUT2D eigenvalue weighted by atomic mass is 19.1. The van der Waals surface area contributed by atoms with E-state index in [1.165, 1.54) is 12.1 Å². The fourth-order valence-corrected chi connectivity index (χ4v) is 2.22. The van der Waals surface area contributed by atoms with Crippen LogP contribution < -0.4 is 5.32 Å². The van der Waals surface area contributed by atoms with Gasteiger partial charge in [-0.25, -0.2) is 4.39 Å². The van der Waals surface area contributed by atoms with Crippen molar-refractivity contribution in [2.45, 2.75) is 26.8 Å². The second-order valence-corrected chi connectivity index (χ2v) is 5.12. The summed E-state index contributed by atoms with van der Waals surface area (Å²) in [7, 11) is 0. The number of nitrogens with one attached hydrogen (secondary N) is 1. The van der Waals surface area contributed by atoms with Crippen LogP contribution in [0.1, 0.15) is 40.0 Å². The van der Waals surface area contributed by atoms with Crippen LogP contribution in [0, 0.1) is 19.7 Å². The molecule has 0 aliphatic carbocycles. The van der Waals surface area contributed by atoms with Gasteiger partial charge < -0.3 is 5.32 Å². The second-order valence-electron chi connectivity index (χ2n) is 5.12. The van der Waals surface area contributed by atoms with Crippen molar-refractivity contribution in [2.75, 3.05) is 0 Å². The van der Waals surface area contributed by atoms with E-state index in [2.05, 4.69) is 5.32 Å². The highest BCUT2D eigenvalue weighted by Gasteiger charge is 2.12. The molecule has 2 aromatic rings. The van der Waals surface area contributed by atoms with Crippen LogP contribution in [0.25, 0.3) is 0 Å². The van der Waals surface area contributed by atoms with Crippen molar-refractivity contribution in [2.24, 2.45) is 0 Å². The van der Waals surface area contributed by atoms with Gasteiger partial charge in [0.1, 0.15) is 5.82 Å². The first-order valence-corrected chi connectivity index (χ1v) is 6.60. The Labute approximate surface area is 118 Å². The minimum Gasteiger partial charge on any atom is -0.346 e. The van der Waals surface area contributed by atoms with Crippen molar-refractivity contribution >= 4 is 5.91 Å². The number of benzene rings is 2. The van der Waals surface area contributed by atoms with Gasteiger partial charge in [-0.05, 0) is 50.6 Å². The molecule has 0 spiro atoms. The minimum atomic E-state index is -0.276. The van der Waals surface area contributed by atoms with Crippen LogP contribution in [0.5, 0.6) is 0 Å². The Morgan fingerprint density at radius 1 is 1.05 bits per heavy atom. The number of carbonyl (C=O) groups is 1. The normalized spacial score (nSPS) is 12.0. The van der Waals surface area contributed by atoms with Gasteiger partial charge in [-0.1, -0.05) is 29.3 Å². The molecule has 104 valence electrons. The van der Waals surface area contributed by atoms with Crippen molar-refractivity contribution in [1.29, 1.82) is 0 Å². The van der Waals surface area contributed by atoms with E-state index in [1.54, 1.807) is 12.1 Å². The number of hydrogen-bond acceptors (Lipinski definition) is 1. The smallest absolute Gasteiger partial charge is 0.251 e. The lowest BCUT2D eigenvalue weighted by molar-refractivity contribution is 0.0939. The molecule has 0 bridgehead atoms. The quantitative estimate of drug-likeness (QED) is 0.900. The van der Waals surface area contributed by atoms with Crippen LogP contribution in [-0.2, 0) is 0 Å². The number of rotatable bonds is 3. The van der Waals surface area contributed by atoms with E-state index in [1.807, 2.05) is 39.0 Å². The van der Waals surface area contributed by atoms with Crippen molar-refractivity contribution in [3.8, 4) is 0 Å². The maximum absolute atomic E-state index is 12.9. The van der Waals surface area contributed by atoms with Crippen LogP contribution in [0.4, 0.5) is 4.39 Å². The van der Waals surface area contributed by atoms with E-state index in [-0.39, 0.29) is 17.8 Å². The standard InChI is InChI=1S/C17H18FNO/c1-11-8-12(2)10-15(9-11)17(20)19-13(3)14-4-6-16(18)7-5-14/h4-10,13H,1-3H3,(H,19,20)/t13-/m0/s1. The van der Waals surface area contributed by atoms with Gasteiger partial charge in [-0.15, -0.1) is 0 Å². The minimum absolute atomic E-state index is 0.117. The molecule has 2 rings (SSSR count). The molecule has 1 N–H and O–H groups in total. The zero-order valence-corrected chi connectivity index (χ0v) is 11.9. The van der Waals surface area contributed by atoms with Crippen LogP contribution in [0.3, 0.4) is 0 Å². The second kappa shape index (κ2) is 5.87. The third-order valence-electron chi connectivity index (χ3n) is 3.20. The van der Waals surface area contributed by atoms with Gasteiger partial charge in [0, 0.05) is 5.56 Å². The van der Waals surface area contributed by atoms with E-state index in [0.29, 0.717) is 5.56 Å². The van der Waals surface area contributed by atoms with E-state index in [9.17, 15) is 9.18 Å². The third-order valence-corrected chi connectivity index (χ3v) is 3.20. The van der Waals surface area contributed by atoms with Crippen LogP contribution in [0.2, 0.25) is 0 Å². The highest BCUT2D eigenvalue weighted by Crippen LogP contribution is 2.15. The molecule has 0 unspecified atom stereocenters. The Balaban J connectivity index is 2.12. The molecule has 0 aliphatic heterocycles. The number of amides is 1. The first-order chi connectivity index (χ1) is 9.45. The van der Waals surface area contributed by atoms with Gasteiger partial charge >= 0.3 is 0 Å². The van der Waals surface area contributed by atoms with Gasteiger partial charge in [0.15, 0.2) is 0 Å². The molecule has 3 heteroatoms. The van der Waals surface area contributed by atoms with E-state index < -0.39 is 0 Å². The zero-order valence-electron chi connectivity index (χ0n) is 11.9. The van der Waals surface area contributed by atoms with Gasteiger partial charge in [-0.3, -0.25) is 4.79 Å². The summed E-state index contributed by atoms with van der Waals surface area (Å²) in [6.07, 6.45) is 0. The predicted molar refractivity (Wildman–Crippen MR) is 78.2 cm³/mol. The van der Waals surface area contributed by atoms with Crippen LogP contribution in [-0.4, -0.2) is 5.91 Å². The SMILES string of the molecule is Cc1cc(C)cc(C(=O)N[C@@H](C)c2ccc(F)cc2)c1. The Kier molecular flexibility index (Phi) is 4.18. The fourth-order valence-electron chi connectivity index (χ4n) is 2.22. The molecule has 0 saturated carbocycles. The summed E-state index contributed by atoms with van der Waals surface area (Å²) in [5, 5.41) is 2.92. The van der Waals surface area contributed by atoms with Crippen molar-refractivity contribution in [3.05, 3.63) is 70.5 Å². The van der Waals surface area contributed by atoms with Crippen LogP contribution >= 0.6 is 0 Å². The average molecular weight is 271 g/mol. The number of hydrogen-bond donors (Lipinski definition) is 1. The number of aryl methyl sites for hydroxylation is 2. The van der Waals surface area contributed by atoms with Gasteiger partial charge in [-0.2, -0.15) is 0 Å².